The van der Waals surface area contributed by atoms with Gasteiger partial charge in [-0.1, -0.05) is 66.7 Å². The zero-order valence-corrected chi connectivity index (χ0v) is 22.0. The van der Waals surface area contributed by atoms with E-state index in [2.05, 4.69) is 0 Å². The number of carbonyl (C=O) groups excluding carboxylic acids is 1. The van der Waals surface area contributed by atoms with Crippen LogP contribution in [0, 0.1) is 0 Å². The second-order valence-electron chi connectivity index (χ2n) is 9.77. The molecule has 1 N–H and O–H groups in total. The molecule has 2 heterocycles. The molecule has 3 aromatic rings. The van der Waals surface area contributed by atoms with E-state index in [1.54, 1.807) is 13.2 Å². The average Bonchev–Trinajstić information content (AvgIpc) is 2.99. The summed E-state index contributed by atoms with van der Waals surface area (Å²) >= 11 is 0. The molecule has 8 heteroatoms. The van der Waals surface area contributed by atoms with E-state index in [9.17, 15) is 14.7 Å². The summed E-state index contributed by atoms with van der Waals surface area (Å²) in [5, 5.41) is 10.3. The molecule has 0 unspecified atom stereocenters. The van der Waals surface area contributed by atoms with E-state index in [0.717, 1.165) is 16.7 Å². The molecule has 3 aromatic carbocycles. The highest BCUT2D eigenvalue weighted by atomic mass is 16.5. The van der Waals surface area contributed by atoms with Gasteiger partial charge in [-0.25, -0.2) is 4.79 Å². The highest BCUT2D eigenvalue weighted by Crippen LogP contribution is 2.40. The van der Waals surface area contributed by atoms with Crippen LogP contribution in [0.15, 0.2) is 72.8 Å². The molecule has 0 aromatic heterocycles. The quantitative estimate of drug-likeness (QED) is 0.433. The number of hydrogen-bond acceptors (Lipinski definition) is 6. The number of ether oxygens (including phenoxy) is 4. The van der Waals surface area contributed by atoms with Crippen LogP contribution in [0.4, 0.5) is 0 Å². The lowest BCUT2D eigenvalue weighted by molar-refractivity contribution is -0.162. The monoisotopic (exact) mass is 531 g/mol. The van der Waals surface area contributed by atoms with Gasteiger partial charge in [0.2, 0.25) is 0 Å². The molecular formula is C31H33NO7. The predicted octanol–water partition coefficient (Wildman–Crippen LogP) is 4.55. The third-order valence-corrected chi connectivity index (χ3v) is 7.27. The highest BCUT2D eigenvalue weighted by molar-refractivity contribution is 5.88. The number of carboxylic acid groups (broad SMARTS) is 1. The number of fused-ring (bicyclic) bond motifs is 1. The van der Waals surface area contributed by atoms with Gasteiger partial charge in [-0.3, -0.25) is 4.79 Å². The van der Waals surface area contributed by atoms with Crippen molar-refractivity contribution in [3.8, 4) is 11.5 Å². The Hall–Kier alpha value is -3.88. The molecule has 0 spiro atoms. The van der Waals surface area contributed by atoms with Gasteiger partial charge in [0.25, 0.3) is 5.91 Å². The molecule has 1 fully saturated rings. The zero-order chi connectivity index (χ0) is 27.2. The Balaban J connectivity index is 1.45. The van der Waals surface area contributed by atoms with Gasteiger partial charge in [-0.15, -0.1) is 0 Å². The van der Waals surface area contributed by atoms with Crippen LogP contribution < -0.4 is 9.47 Å². The van der Waals surface area contributed by atoms with Crippen molar-refractivity contribution in [3.63, 3.8) is 0 Å². The van der Waals surface area contributed by atoms with Crippen LogP contribution in [0.1, 0.15) is 41.2 Å². The Labute approximate surface area is 228 Å². The topological polar surface area (TPSA) is 94.5 Å². The Bertz CT molecular complexity index is 1270. The third kappa shape index (κ3) is 6.08. The van der Waals surface area contributed by atoms with Crippen LogP contribution in [0.3, 0.4) is 0 Å². The van der Waals surface area contributed by atoms with E-state index in [1.165, 1.54) is 4.90 Å². The molecule has 0 radical (unpaired) electrons. The van der Waals surface area contributed by atoms with Crippen molar-refractivity contribution in [2.45, 2.75) is 50.7 Å². The molecule has 1 amide bonds. The summed E-state index contributed by atoms with van der Waals surface area (Å²) < 4.78 is 23.6. The van der Waals surface area contributed by atoms with E-state index < -0.39 is 18.1 Å². The number of aliphatic carboxylic acids is 1. The summed E-state index contributed by atoms with van der Waals surface area (Å²) in [4.78, 5) is 28.0. The van der Waals surface area contributed by atoms with Crippen LogP contribution in [0.25, 0.3) is 0 Å². The Morgan fingerprint density at radius 3 is 2.36 bits per heavy atom. The number of amides is 1. The Morgan fingerprint density at radius 1 is 1.00 bits per heavy atom. The van der Waals surface area contributed by atoms with Gasteiger partial charge in [-0.05, 0) is 35.6 Å². The van der Waals surface area contributed by atoms with Crippen molar-refractivity contribution < 1.29 is 33.6 Å². The minimum atomic E-state index is -1.08. The predicted molar refractivity (Wildman–Crippen MR) is 144 cm³/mol. The minimum Gasteiger partial charge on any atom is -0.493 e. The normalized spacial score (nSPS) is 18.2. The van der Waals surface area contributed by atoms with E-state index in [4.69, 9.17) is 18.9 Å². The first-order valence-corrected chi connectivity index (χ1v) is 13.2. The highest BCUT2D eigenvalue weighted by Gasteiger charge is 2.40. The first-order chi connectivity index (χ1) is 19.0. The second-order valence-corrected chi connectivity index (χ2v) is 9.77. The maximum atomic E-state index is 14.1. The number of methoxy groups -OCH3 is 1. The summed E-state index contributed by atoms with van der Waals surface area (Å²) in [7, 11) is 1.56. The third-order valence-electron chi connectivity index (χ3n) is 7.27. The van der Waals surface area contributed by atoms with Gasteiger partial charge in [0, 0.05) is 31.7 Å². The molecule has 1 saturated heterocycles. The molecular weight excluding hydrogens is 498 g/mol. The molecule has 204 valence electrons. The molecule has 8 nitrogen and oxygen atoms in total. The average molecular weight is 532 g/mol. The van der Waals surface area contributed by atoms with Crippen molar-refractivity contribution >= 4 is 11.9 Å². The van der Waals surface area contributed by atoms with Gasteiger partial charge in [-0.2, -0.15) is 0 Å². The van der Waals surface area contributed by atoms with E-state index >= 15 is 0 Å². The fraction of sp³-hybridized carbons (Fsp3) is 0.355. The molecule has 0 aliphatic carbocycles. The summed E-state index contributed by atoms with van der Waals surface area (Å²) in [5.41, 5.74) is 3.24. The van der Waals surface area contributed by atoms with Crippen molar-refractivity contribution in [2.75, 3.05) is 20.3 Å². The van der Waals surface area contributed by atoms with Crippen LogP contribution in [0.2, 0.25) is 0 Å². The lowest BCUT2D eigenvalue weighted by Crippen LogP contribution is -2.51. The number of benzene rings is 3. The van der Waals surface area contributed by atoms with E-state index in [1.807, 2.05) is 66.7 Å². The molecule has 2 atom stereocenters. The van der Waals surface area contributed by atoms with Crippen LogP contribution in [-0.2, 0) is 38.6 Å². The number of hydrogen-bond donors (Lipinski definition) is 1. The molecule has 39 heavy (non-hydrogen) atoms. The molecule has 0 bridgehead atoms. The van der Waals surface area contributed by atoms with Crippen molar-refractivity contribution in [1.82, 2.24) is 4.90 Å². The van der Waals surface area contributed by atoms with Gasteiger partial charge in [0.15, 0.2) is 17.6 Å². The summed E-state index contributed by atoms with van der Waals surface area (Å²) in [6.07, 6.45) is 0.407. The summed E-state index contributed by atoms with van der Waals surface area (Å²) in [6.45, 7) is 1.58. The SMILES string of the molecule is COc1ccc2c(c1OCc1ccccc1)C[C@H](C(=O)O)N(C(=O)[C@H](OC1CCOCC1)c1ccccc1)C2. The van der Waals surface area contributed by atoms with Gasteiger partial charge < -0.3 is 29.0 Å². The second kappa shape index (κ2) is 12.3. The molecule has 0 saturated carbocycles. The standard InChI is InChI=1S/C31H33NO7/c1-36-27-13-12-23-19-32(26(31(34)35)18-25(23)29(27)38-20-21-8-4-2-5-9-21)30(33)28(22-10-6-3-7-11-22)39-24-14-16-37-17-15-24/h2-13,24,26,28H,14-20H2,1H3,(H,34,35)/t26-,28-/m1/s1. The van der Waals surface area contributed by atoms with Gasteiger partial charge in [0.05, 0.1) is 13.2 Å². The van der Waals surface area contributed by atoms with Gasteiger partial charge in [0.1, 0.15) is 12.6 Å². The number of nitrogens with zero attached hydrogens (tertiary/aromatic N) is 1. The van der Waals surface area contributed by atoms with Crippen LogP contribution >= 0.6 is 0 Å². The maximum absolute atomic E-state index is 14.1. The summed E-state index contributed by atoms with van der Waals surface area (Å²) in [5.74, 6) is -0.411. The molecule has 5 rings (SSSR count). The van der Waals surface area contributed by atoms with E-state index in [0.29, 0.717) is 49.7 Å². The fourth-order valence-corrected chi connectivity index (χ4v) is 5.18. The first kappa shape index (κ1) is 26.7. The number of rotatable bonds is 9. The van der Waals surface area contributed by atoms with Crippen molar-refractivity contribution in [2.24, 2.45) is 0 Å². The number of carboxylic acids is 1. The maximum Gasteiger partial charge on any atom is 0.326 e. The lowest BCUT2D eigenvalue weighted by Gasteiger charge is -2.38. The fourth-order valence-electron chi connectivity index (χ4n) is 5.18. The summed E-state index contributed by atoms with van der Waals surface area (Å²) in [6, 6.07) is 21.6. The van der Waals surface area contributed by atoms with Crippen LogP contribution in [-0.4, -0.2) is 54.4 Å². The zero-order valence-electron chi connectivity index (χ0n) is 22.0. The Morgan fingerprint density at radius 2 is 1.69 bits per heavy atom. The molecule has 2 aliphatic heterocycles. The first-order valence-electron chi connectivity index (χ1n) is 13.2. The lowest BCUT2D eigenvalue weighted by atomic mass is 9.91. The van der Waals surface area contributed by atoms with E-state index in [-0.39, 0.29) is 25.0 Å². The number of carbonyl (C=O) groups is 2. The minimum absolute atomic E-state index is 0.0938. The Kier molecular flexibility index (Phi) is 8.44. The smallest absolute Gasteiger partial charge is 0.326 e. The molecule has 2 aliphatic rings. The van der Waals surface area contributed by atoms with Gasteiger partial charge >= 0.3 is 5.97 Å². The van der Waals surface area contributed by atoms with Crippen molar-refractivity contribution in [1.29, 1.82) is 0 Å². The van der Waals surface area contributed by atoms with Crippen molar-refractivity contribution in [3.05, 3.63) is 95.1 Å². The van der Waals surface area contributed by atoms with Crippen LogP contribution in [0.5, 0.6) is 11.5 Å². The largest absolute Gasteiger partial charge is 0.493 e.